The molecule has 3 fully saturated rings. The minimum Gasteiger partial charge on any atom is -1.00 e. The first-order chi connectivity index (χ1) is 13.6. The molecule has 2 unspecified atom stereocenters. The average Bonchev–Trinajstić information content (AvgIpc) is 3.31. The van der Waals surface area contributed by atoms with E-state index in [1.807, 2.05) is 12.1 Å². The summed E-state index contributed by atoms with van der Waals surface area (Å²) >= 11 is 0. The lowest BCUT2D eigenvalue weighted by Crippen LogP contribution is -3.00. The molecule has 2 nitrogen and oxygen atoms in total. The maximum absolute atomic E-state index is 10.5. The zero-order chi connectivity index (χ0) is 19.4. The highest BCUT2D eigenvalue weighted by molar-refractivity contribution is 5.46. The molecule has 1 spiro atoms. The number of nitriles is 1. The summed E-state index contributed by atoms with van der Waals surface area (Å²) in [4.78, 5) is 0. The first-order valence-electron chi connectivity index (χ1n) is 11.0. The molecule has 2 aromatic rings. The lowest BCUT2D eigenvalue weighted by Gasteiger charge is -2.42. The van der Waals surface area contributed by atoms with Gasteiger partial charge >= 0.3 is 0 Å². The highest BCUT2D eigenvalue weighted by Gasteiger charge is 2.83. The summed E-state index contributed by atoms with van der Waals surface area (Å²) in [5.41, 5.74) is 2.37. The van der Waals surface area contributed by atoms with E-state index in [9.17, 15) is 5.26 Å². The van der Waals surface area contributed by atoms with E-state index in [-0.39, 0.29) is 17.0 Å². The van der Waals surface area contributed by atoms with Gasteiger partial charge in [0, 0.05) is 18.8 Å². The molecule has 0 amide bonds. The highest BCUT2D eigenvalue weighted by Crippen LogP contribution is 2.70. The predicted molar refractivity (Wildman–Crippen MR) is 113 cm³/mol. The monoisotopic (exact) mass is 450 g/mol. The van der Waals surface area contributed by atoms with Crippen LogP contribution in [0.3, 0.4) is 0 Å². The number of hydrogen-bond donors (Lipinski definition) is 0. The van der Waals surface area contributed by atoms with Gasteiger partial charge in [0.05, 0.1) is 19.7 Å². The number of benzene rings is 2. The minimum atomic E-state index is -0.540. The first kappa shape index (κ1) is 20.6. The van der Waals surface area contributed by atoms with Crippen LogP contribution in [0.1, 0.15) is 50.2 Å². The topological polar surface area (TPSA) is 23.8 Å². The van der Waals surface area contributed by atoms with Gasteiger partial charge in [-0.1, -0.05) is 60.7 Å². The second-order valence-electron chi connectivity index (χ2n) is 9.62. The molecule has 5 rings (SSSR count). The van der Waals surface area contributed by atoms with E-state index >= 15 is 0 Å². The van der Waals surface area contributed by atoms with Crippen LogP contribution in [0.2, 0.25) is 0 Å². The smallest absolute Gasteiger partial charge is 0.154 e. The number of likely N-dealkylation sites (tertiary alicyclic amines) is 1. The van der Waals surface area contributed by atoms with Gasteiger partial charge in [-0.25, -0.2) is 0 Å². The van der Waals surface area contributed by atoms with Crippen molar-refractivity contribution in [3.63, 3.8) is 0 Å². The molecule has 5 atom stereocenters. The lowest BCUT2D eigenvalue weighted by molar-refractivity contribution is -0.826. The number of nitrogens with zero attached hydrogens (tertiary/aromatic N) is 2. The fraction of sp³-hybridized carbons (Fsp3) is 0.500. The highest BCUT2D eigenvalue weighted by atomic mass is 79.9. The Labute approximate surface area is 185 Å². The molecule has 0 radical (unpaired) electrons. The van der Waals surface area contributed by atoms with Crippen molar-refractivity contribution >= 4 is 0 Å². The van der Waals surface area contributed by atoms with Gasteiger partial charge in [-0.05, 0) is 43.2 Å². The molecule has 2 aliphatic carbocycles. The van der Waals surface area contributed by atoms with Crippen LogP contribution < -0.4 is 17.0 Å². The Morgan fingerprint density at radius 2 is 1.62 bits per heavy atom. The minimum absolute atomic E-state index is 0. The Bertz CT molecular complexity index is 866. The number of hydrogen-bond acceptors (Lipinski definition) is 1. The number of rotatable bonds is 5. The van der Waals surface area contributed by atoms with E-state index in [0.29, 0.717) is 11.5 Å². The van der Waals surface area contributed by atoms with Crippen molar-refractivity contribution in [3.05, 3.63) is 71.8 Å². The molecular formula is C26H31BrN2. The molecule has 2 aromatic carbocycles. The quantitative estimate of drug-likeness (QED) is 0.506. The van der Waals surface area contributed by atoms with Crippen LogP contribution >= 0.6 is 0 Å². The summed E-state index contributed by atoms with van der Waals surface area (Å²) in [5, 5.41) is 10.5. The third-order valence-corrected chi connectivity index (χ3v) is 8.90. The van der Waals surface area contributed by atoms with Crippen molar-refractivity contribution in [2.24, 2.45) is 11.8 Å². The summed E-state index contributed by atoms with van der Waals surface area (Å²) in [6.45, 7) is 3.62. The van der Waals surface area contributed by atoms with Crippen LogP contribution in [0.4, 0.5) is 0 Å². The van der Waals surface area contributed by atoms with Crippen molar-refractivity contribution in [3.8, 4) is 6.07 Å². The normalized spacial score (nSPS) is 34.6. The summed E-state index contributed by atoms with van der Waals surface area (Å²) < 4.78 is 1.30. The Kier molecular flexibility index (Phi) is 5.16. The van der Waals surface area contributed by atoms with Crippen LogP contribution in [0.15, 0.2) is 60.7 Å². The van der Waals surface area contributed by atoms with Crippen molar-refractivity contribution < 1.29 is 21.5 Å². The molecule has 1 saturated heterocycles. The van der Waals surface area contributed by atoms with Crippen LogP contribution in [0.5, 0.6) is 0 Å². The second kappa shape index (κ2) is 7.25. The van der Waals surface area contributed by atoms with Gasteiger partial charge in [0.25, 0.3) is 0 Å². The number of likely N-dealkylation sites (N-methyl/N-ethyl adjacent to an activating group) is 1. The van der Waals surface area contributed by atoms with Crippen LogP contribution in [-0.2, 0) is 5.41 Å². The summed E-state index contributed by atoms with van der Waals surface area (Å²) in [6.07, 6.45) is 6.39. The van der Waals surface area contributed by atoms with Gasteiger partial charge in [-0.15, -0.1) is 0 Å². The predicted octanol–water partition coefficient (Wildman–Crippen LogP) is 2.30. The summed E-state index contributed by atoms with van der Waals surface area (Å²) in [6, 6.07) is 24.6. The third kappa shape index (κ3) is 2.69. The molecule has 152 valence electrons. The van der Waals surface area contributed by atoms with E-state index in [2.05, 4.69) is 68.6 Å². The lowest BCUT2D eigenvalue weighted by atomic mass is 9.58. The van der Waals surface area contributed by atoms with E-state index in [1.165, 1.54) is 36.7 Å². The standard InChI is InChI=1S/C26H31N2.BrH/c1-3-28(2)24-17-20(16-23-14-15-26(23,24)28)18-25(19-27,21-10-6-4-7-11-21)22-12-8-5-9-13-22;/h4-13,20,23-24H,3,14-18H2,1-2H3;1H/q+1;/p-1/t20-,23+,24+,26?,28?;/m1./s1. The first-order valence-corrected chi connectivity index (χ1v) is 11.0. The Balaban J connectivity index is 0.00000205. The summed E-state index contributed by atoms with van der Waals surface area (Å²) in [5.74, 6) is 1.51. The zero-order valence-corrected chi connectivity index (χ0v) is 19.1. The van der Waals surface area contributed by atoms with Gasteiger partial charge in [0.15, 0.2) is 5.54 Å². The van der Waals surface area contributed by atoms with Gasteiger partial charge in [0.1, 0.15) is 11.5 Å². The molecule has 3 aliphatic rings. The fourth-order valence-electron chi connectivity index (χ4n) is 7.26. The third-order valence-electron chi connectivity index (χ3n) is 8.90. The number of quaternary nitrogens is 1. The molecule has 0 aromatic heterocycles. The maximum atomic E-state index is 10.5. The molecular weight excluding hydrogens is 420 g/mol. The zero-order valence-electron chi connectivity index (χ0n) is 17.5. The second-order valence-corrected chi connectivity index (χ2v) is 9.62. The molecule has 0 bridgehead atoms. The van der Waals surface area contributed by atoms with Gasteiger partial charge in [-0.2, -0.15) is 5.26 Å². The molecule has 2 saturated carbocycles. The van der Waals surface area contributed by atoms with Crippen molar-refractivity contribution in [1.82, 2.24) is 0 Å². The summed E-state index contributed by atoms with van der Waals surface area (Å²) in [7, 11) is 2.49. The Morgan fingerprint density at radius 3 is 2.07 bits per heavy atom. The molecule has 29 heavy (non-hydrogen) atoms. The van der Waals surface area contributed by atoms with E-state index in [0.717, 1.165) is 29.5 Å². The van der Waals surface area contributed by atoms with Crippen LogP contribution in [-0.4, -0.2) is 29.7 Å². The van der Waals surface area contributed by atoms with Gasteiger partial charge < -0.3 is 21.5 Å². The average molecular weight is 451 g/mol. The van der Waals surface area contributed by atoms with Crippen LogP contribution in [0, 0.1) is 23.2 Å². The van der Waals surface area contributed by atoms with Crippen LogP contribution in [0.25, 0.3) is 0 Å². The molecule has 0 N–H and O–H groups in total. The largest absolute Gasteiger partial charge is 1.00 e. The molecule has 1 aliphatic heterocycles. The number of halogens is 1. The molecule has 1 heterocycles. The van der Waals surface area contributed by atoms with E-state index in [4.69, 9.17) is 0 Å². The van der Waals surface area contributed by atoms with Crippen molar-refractivity contribution in [1.29, 1.82) is 5.26 Å². The molecule has 3 heteroatoms. The van der Waals surface area contributed by atoms with E-state index < -0.39 is 5.41 Å². The SMILES string of the molecule is CC[N+]1(C)[C@H]2C[C@H](CC(C#N)(c3ccccc3)c3ccccc3)C[C@@H]3CCC321.[Br-]. The maximum Gasteiger partial charge on any atom is 0.154 e. The van der Waals surface area contributed by atoms with Gasteiger partial charge in [0.2, 0.25) is 0 Å². The Morgan fingerprint density at radius 1 is 1.03 bits per heavy atom. The Hall–Kier alpha value is -1.63. The van der Waals surface area contributed by atoms with Crippen molar-refractivity contribution in [2.45, 2.75) is 56.0 Å². The van der Waals surface area contributed by atoms with Crippen molar-refractivity contribution in [2.75, 3.05) is 13.6 Å². The fourth-order valence-corrected chi connectivity index (χ4v) is 7.26. The van der Waals surface area contributed by atoms with E-state index in [1.54, 1.807) is 0 Å². The van der Waals surface area contributed by atoms with Gasteiger partial charge in [-0.3, -0.25) is 0 Å².